The molecule has 0 amide bonds. The van der Waals surface area contributed by atoms with Gasteiger partial charge in [0.1, 0.15) is 17.2 Å². The molecule has 0 atom stereocenters. The Balaban J connectivity index is 2.23. The fourth-order valence-electron chi connectivity index (χ4n) is 2.95. The molecular weight excluding hydrogens is 386 g/mol. The number of aromatic hydroxyl groups is 1. The highest BCUT2D eigenvalue weighted by atomic mass is 32.1. The molecule has 2 aromatic carbocycles. The van der Waals surface area contributed by atoms with Gasteiger partial charge in [-0.15, -0.1) is 11.3 Å². The Morgan fingerprint density at radius 3 is 2.45 bits per heavy atom. The molecule has 152 valence electrons. The first kappa shape index (κ1) is 20.7. The van der Waals surface area contributed by atoms with Crippen LogP contribution in [0.2, 0.25) is 0 Å². The number of methoxy groups -OCH3 is 2. The summed E-state index contributed by atoms with van der Waals surface area (Å²) >= 11 is 1.53. The molecule has 1 N–H and O–H groups in total. The lowest BCUT2D eigenvalue weighted by Crippen LogP contribution is -2.15. The van der Waals surface area contributed by atoms with Gasteiger partial charge >= 0.3 is 0 Å². The molecule has 3 rings (SSSR count). The van der Waals surface area contributed by atoms with Gasteiger partial charge in [0.15, 0.2) is 0 Å². The molecule has 0 aliphatic carbocycles. The molecule has 0 aliphatic rings. The number of rotatable bonds is 7. The van der Waals surface area contributed by atoms with Crippen molar-refractivity contribution in [2.45, 2.75) is 20.3 Å². The van der Waals surface area contributed by atoms with Crippen molar-refractivity contribution in [3.8, 4) is 28.5 Å². The third-order valence-electron chi connectivity index (χ3n) is 4.42. The van der Waals surface area contributed by atoms with Gasteiger partial charge in [-0.1, -0.05) is 6.92 Å². The molecule has 1 heterocycles. The number of hydrogen-bond donors (Lipinski definition) is 1. The van der Waals surface area contributed by atoms with Crippen LogP contribution >= 0.6 is 11.3 Å². The van der Waals surface area contributed by atoms with Gasteiger partial charge in [-0.25, -0.2) is 4.68 Å². The summed E-state index contributed by atoms with van der Waals surface area (Å²) in [6.45, 7) is 4.72. The number of phenols is 1. The van der Waals surface area contributed by atoms with E-state index in [1.54, 1.807) is 26.4 Å². The molecule has 0 bridgehead atoms. The average molecular weight is 412 g/mol. The molecule has 3 aromatic rings. The van der Waals surface area contributed by atoms with Crippen molar-refractivity contribution < 1.29 is 14.6 Å². The van der Waals surface area contributed by atoms with Gasteiger partial charge in [0.25, 0.3) is 0 Å². The molecule has 0 radical (unpaired) electrons. The summed E-state index contributed by atoms with van der Waals surface area (Å²) in [4.78, 5) is 5.41. The zero-order valence-electron chi connectivity index (χ0n) is 17.0. The number of thiazole rings is 1. The third-order valence-corrected chi connectivity index (χ3v) is 5.27. The Kier molecular flexibility index (Phi) is 6.72. The van der Waals surface area contributed by atoms with Gasteiger partial charge in [0.05, 0.1) is 25.6 Å². The van der Waals surface area contributed by atoms with E-state index in [4.69, 9.17) is 14.6 Å². The number of benzene rings is 2. The molecule has 0 saturated carbocycles. The topological polar surface area (TPSA) is 68.3 Å². The number of ether oxygens (including phenoxy) is 2. The van der Waals surface area contributed by atoms with Crippen molar-refractivity contribution in [1.29, 1.82) is 0 Å². The summed E-state index contributed by atoms with van der Waals surface area (Å²) < 4.78 is 12.8. The van der Waals surface area contributed by atoms with E-state index in [1.165, 1.54) is 11.3 Å². The first-order chi connectivity index (χ1) is 14.1. The van der Waals surface area contributed by atoms with Crippen molar-refractivity contribution in [3.63, 3.8) is 0 Å². The van der Waals surface area contributed by atoms with E-state index in [0.717, 1.165) is 45.3 Å². The molecule has 6 nitrogen and oxygen atoms in total. The normalized spacial score (nSPS) is 12.3. The van der Waals surface area contributed by atoms with E-state index in [2.05, 4.69) is 11.9 Å². The Bertz CT molecular complexity index is 1070. The van der Waals surface area contributed by atoms with E-state index in [1.807, 2.05) is 47.3 Å². The summed E-state index contributed by atoms with van der Waals surface area (Å²) in [6, 6.07) is 12.8. The smallest absolute Gasteiger partial charge is 0.206 e. The van der Waals surface area contributed by atoms with E-state index in [0.29, 0.717) is 6.54 Å². The number of nitrogens with zero attached hydrogens (tertiary/aromatic N) is 3. The van der Waals surface area contributed by atoms with Crippen LogP contribution in [-0.4, -0.2) is 36.3 Å². The van der Waals surface area contributed by atoms with Gasteiger partial charge in [-0.2, -0.15) is 5.10 Å². The maximum atomic E-state index is 9.60. The quantitative estimate of drug-likeness (QED) is 0.581. The molecule has 1 aromatic heterocycles. The van der Waals surface area contributed by atoms with Gasteiger partial charge in [0.2, 0.25) is 4.80 Å². The first-order valence-electron chi connectivity index (χ1n) is 9.41. The minimum Gasteiger partial charge on any atom is -0.508 e. The van der Waals surface area contributed by atoms with Crippen LogP contribution < -0.4 is 14.3 Å². The average Bonchev–Trinajstić information content (AvgIpc) is 3.14. The van der Waals surface area contributed by atoms with Crippen molar-refractivity contribution in [2.24, 2.45) is 10.1 Å². The van der Waals surface area contributed by atoms with Crippen molar-refractivity contribution in [1.82, 2.24) is 4.68 Å². The predicted molar refractivity (Wildman–Crippen MR) is 117 cm³/mol. The van der Waals surface area contributed by atoms with Gasteiger partial charge in [-0.05, 0) is 61.4 Å². The van der Waals surface area contributed by atoms with Crippen LogP contribution in [-0.2, 0) is 0 Å². The van der Waals surface area contributed by atoms with E-state index >= 15 is 0 Å². The van der Waals surface area contributed by atoms with Gasteiger partial charge in [-0.3, -0.25) is 4.99 Å². The second-order valence-electron chi connectivity index (χ2n) is 6.20. The molecule has 0 fully saturated rings. The van der Waals surface area contributed by atoms with Crippen LogP contribution in [0.25, 0.3) is 11.3 Å². The largest absolute Gasteiger partial charge is 0.508 e. The van der Waals surface area contributed by atoms with Crippen LogP contribution in [0.3, 0.4) is 0 Å². The number of hydrogen-bond acceptors (Lipinski definition) is 6. The lowest BCUT2D eigenvalue weighted by atomic mass is 10.1. The predicted octanol–water partition coefficient (Wildman–Crippen LogP) is 4.52. The van der Waals surface area contributed by atoms with Crippen LogP contribution in [0, 0.1) is 0 Å². The van der Waals surface area contributed by atoms with E-state index in [9.17, 15) is 5.11 Å². The van der Waals surface area contributed by atoms with Crippen LogP contribution in [0.15, 0.2) is 57.9 Å². The molecule has 0 aliphatic heterocycles. The van der Waals surface area contributed by atoms with Gasteiger partial charge in [0, 0.05) is 17.5 Å². The molecular formula is C22H25N3O3S. The number of phenolic OH excluding ortho intramolecular Hbond substituents is 1. The summed E-state index contributed by atoms with van der Waals surface area (Å²) in [6.07, 6.45) is 0.730. The van der Waals surface area contributed by atoms with Crippen molar-refractivity contribution in [3.05, 3.63) is 58.2 Å². The molecule has 0 unspecified atom stereocenters. The standard InChI is InChI=1S/C22H25N3O3S/c1-5-19(15-7-9-16(26)10-8-15)24-25-20(14-29-22(25)23-6-2)18-13-17(27-3)11-12-21(18)28-4/h7-14,26H,5-6H2,1-4H3. The lowest BCUT2D eigenvalue weighted by molar-refractivity contribution is 0.404. The van der Waals surface area contributed by atoms with Gasteiger partial charge < -0.3 is 14.6 Å². The Labute approximate surface area is 174 Å². The second kappa shape index (κ2) is 9.43. The Morgan fingerprint density at radius 2 is 1.83 bits per heavy atom. The molecule has 0 spiro atoms. The summed E-state index contributed by atoms with van der Waals surface area (Å²) in [5, 5.41) is 16.6. The SMILES string of the molecule is CCN=c1scc(-c2cc(OC)ccc2OC)n1N=C(CC)c1ccc(O)cc1. The fraction of sp³-hybridized carbons (Fsp3) is 0.273. The molecule has 29 heavy (non-hydrogen) atoms. The minimum atomic E-state index is 0.232. The highest BCUT2D eigenvalue weighted by molar-refractivity contribution is 7.07. The van der Waals surface area contributed by atoms with Crippen LogP contribution in [0.4, 0.5) is 0 Å². The zero-order chi connectivity index (χ0) is 20.8. The Morgan fingerprint density at radius 1 is 1.07 bits per heavy atom. The first-order valence-corrected chi connectivity index (χ1v) is 10.3. The summed E-state index contributed by atoms with van der Waals surface area (Å²) in [5.41, 5.74) is 3.60. The molecule has 0 saturated heterocycles. The minimum absolute atomic E-state index is 0.232. The fourth-order valence-corrected chi connectivity index (χ4v) is 3.83. The number of aromatic nitrogens is 1. The maximum absolute atomic E-state index is 9.60. The van der Waals surface area contributed by atoms with Crippen molar-refractivity contribution in [2.75, 3.05) is 20.8 Å². The second-order valence-corrected chi connectivity index (χ2v) is 7.04. The monoisotopic (exact) mass is 411 g/mol. The highest BCUT2D eigenvalue weighted by Gasteiger charge is 2.15. The molecule has 7 heteroatoms. The highest BCUT2D eigenvalue weighted by Crippen LogP contribution is 2.34. The van der Waals surface area contributed by atoms with E-state index < -0.39 is 0 Å². The zero-order valence-corrected chi connectivity index (χ0v) is 17.9. The van der Waals surface area contributed by atoms with Crippen molar-refractivity contribution >= 4 is 17.0 Å². The van der Waals surface area contributed by atoms with Crippen LogP contribution in [0.1, 0.15) is 25.8 Å². The summed E-state index contributed by atoms with van der Waals surface area (Å²) in [7, 11) is 3.29. The Hall–Kier alpha value is -3.06. The summed E-state index contributed by atoms with van der Waals surface area (Å²) in [5.74, 6) is 1.71. The lowest BCUT2D eigenvalue weighted by Gasteiger charge is -2.12. The third kappa shape index (κ3) is 4.51. The maximum Gasteiger partial charge on any atom is 0.206 e. The van der Waals surface area contributed by atoms with Crippen LogP contribution in [0.5, 0.6) is 17.2 Å². The van der Waals surface area contributed by atoms with E-state index in [-0.39, 0.29) is 5.75 Å².